The van der Waals surface area contributed by atoms with Crippen LogP contribution in [0, 0.1) is 6.92 Å². The highest BCUT2D eigenvalue weighted by Gasteiger charge is 2.27. The van der Waals surface area contributed by atoms with Gasteiger partial charge in [0.2, 0.25) is 5.90 Å². The maximum Gasteiger partial charge on any atom is 0.217 e. The van der Waals surface area contributed by atoms with Crippen molar-refractivity contribution < 1.29 is 4.74 Å². The average molecular weight is 327 g/mol. The van der Waals surface area contributed by atoms with E-state index >= 15 is 0 Å². The molecule has 3 aromatic rings. The van der Waals surface area contributed by atoms with E-state index < -0.39 is 0 Å². The quantitative estimate of drug-likeness (QED) is 0.609. The first-order chi connectivity index (χ1) is 12.3. The minimum Gasteiger partial charge on any atom is -0.469 e. The molecule has 2 nitrogen and oxygen atoms in total. The van der Waals surface area contributed by atoms with Crippen molar-refractivity contribution in [1.29, 1.82) is 0 Å². The molecule has 0 amide bonds. The summed E-state index contributed by atoms with van der Waals surface area (Å²) in [6.45, 7) is 2.11. The maximum atomic E-state index is 6.28. The number of hydrogen-bond donors (Lipinski definition) is 0. The molecule has 0 N–H and O–H groups in total. The summed E-state index contributed by atoms with van der Waals surface area (Å²) in [6.07, 6.45) is 0.865. The SMILES string of the molecule is Cc1ccc([C@H]2C[C@@H](c3ccccc3)OC(c3ccccc3)=N2)cc1. The Kier molecular flexibility index (Phi) is 4.34. The Morgan fingerprint density at radius 2 is 1.40 bits per heavy atom. The molecular formula is C23H21NO. The molecule has 0 aliphatic carbocycles. The molecule has 0 radical (unpaired) electrons. The van der Waals surface area contributed by atoms with E-state index in [1.54, 1.807) is 0 Å². The Morgan fingerprint density at radius 1 is 0.760 bits per heavy atom. The Labute approximate surface area is 148 Å². The molecule has 1 heterocycles. The van der Waals surface area contributed by atoms with Crippen LogP contribution in [-0.2, 0) is 4.74 Å². The van der Waals surface area contributed by atoms with Gasteiger partial charge in [0.1, 0.15) is 6.10 Å². The zero-order chi connectivity index (χ0) is 17.1. The van der Waals surface area contributed by atoms with Crippen LogP contribution in [-0.4, -0.2) is 5.90 Å². The Balaban J connectivity index is 1.72. The van der Waals surface area contributed by atoms with Crippen LogP contribution in [0.1, 0.15) is 40.8 Å². The van der Waals surface area contributed by atoms with E-state index in [9.17, 15) is 0 Å². The summed E-state index contributed by atoms with van der Waals surface area (Å²) in [4.78, 5) is 4.92. The zero-order valence-corrected chi connectivity index (χ0v) is 14.3. The van der Waals surface area contributed by atoms with Gasteiger partial charge in [-0.25, -0.2) is 4.99 Å². The predicted octanol–water partition coefficient (Wildman–Crippen LogP) is 5.64. The summed E-state index contributed by atoms with van der Waals surface area (Å²) in [5, 5.41) is 0. The van der Waals surface area contributed by atoms with Crippen LogP contribution in [0.5, 0.6) is 0 Å². The number of aryl methyl sites for hydroxylation is 1. The summed E-state index contributed by atoms with van der Waals surface area (Å²) in [5.41, 5.74) is 4.73. The van der Waals surface area contributed by atoms with Gasteiger partial charge in [-0.05, 0) is 30.2 Å². The third-order valence-corrected chi connectivity index (χ3v) is 4.62. The lowest BCUT2D eigenvalue weighted by molar-refractivity contribution is 0.152. The highest BCUT2D eigenvalue weighted by Crippen LogP contribution is 2.37. The minimum atomic E-state index is 0.0141. The first kappa shape index (κ1) is 15.6. The first-order valence-electron chi connectivity index (χ1n) is 8.71. The van der Waals surface area contributed by atoms with Gasteiger partial charge in [-0.1, -0.05) is 78.4 Å². The second-order valence-corrected chi connectivity index (χ2v) is 6.48. The molecule has 0 aromatic heterocycles. The van der Waals surface area contributed by atoms with Crippen LogP contribution >= 0.6 is 0 Å². The topological polar surface area (TPSA) is 21.6 Å². The molecule has 4 rings (SSSR count). The molecule has 0 saturated heterocycles. The number of ether oxygens (including phenoxy) is 1. The van der Waals surface area contributed by atoms with E-state index in [2.05, 4.69) is 67.6 Å². The van der Waals surface area contributed by atoms with Crippen molar-refractivity contribution in [2.45, 2.75) is 25.5 Å². The summed E-state index contributed by atoms with van der Waals surface area (Å²) < 4.78 is 6.28. The molecule has 0 fully saturated rings. The molecule has 25 heavy (non-hydrogen) atoms. The Hall–Kier alpha value is -2.87. The van der Waals surface area contributed by atoms with Crippen LogP contribution in [0.25, 0.3) is 0 Å². The first-order valence-corrected chi connectivity index (χ1v) is 8.71. The lowest BCUT2D eigenvalue weighted by Gasteiger charge is -2.29. The van der Waals surface area contributed by atoms with Gasteiger partial charge in [0.15, 0.2) is 0 Å². The third-order valence-electron chi connectivity index (χ3n) is 4.62. The lowest BCUT2D eigenvalue weighted by atomic mass is 9.95. The van der Waals surface area contributed by atoms with Crippen molar-refractivity contribution in [3.8, 4) is 0 Å². The van der Waals surface area contributed by atoms with Gasteiger partial charge in [0.25, 0.3) is 0 Å². The van der Waals surface area contributed by atoms with Crippen molar-refractivity contribution in [2.75, 3.05) is 0 Å². The lowest BCUT2D eigenvalue weighted by Crippen LogP contribution is -2.21. The maximum absolute atomic E-state index is 6.28. The van der Waals surface area contributed by atoms with Gasteiger partial charge in [0.05, 0.1) is 6.04 Å². The fraction of sp³-hybridized carbons (Fsp3) is 0.174. The summed E-state index contributed by atoms with van der Waals surface area (Å²) in [6, 6.07) is 29.4. The summed E-state index contributed by atoms with van der Waals surface area (Å²) >= 11 is 0. The zero-order valence-electron chi connectivity index (χ0n) is 14.3. The van der Waals surface area contributed by atoms with E-state index in [1.807, 2.05) is 24.3 Å². The van der Waals surface area contributed by atoms with Crippen molar-refractivity contribution in [3.63, 3.8) is 0 Å². The average Bonchev–Trinajstić information content (AvgIpc) is 2.69. The van der Waals surface area contributed by atoms with Gasteiger partial charge >= 0.3 is 0 Å². The van der Waals surface area contributed by atoms with Crippen molar-refractivity contribution >= 4 is 5.90 Å². The van der Waals surface area contributed by atoms with E-state index in [1.165, 1.54) is 16.7 Å². The van der Waals surface area contributed by atoms with Gasteiger partial charge < -0.3 is 4.74 Å². The predicted molar refractivity (Wildman–Crippen MR) is 102 cm³/mol. The van der Waals surface area contributed by atoms with Gasteiger partial charge in [-0.3, -0.25) is 0 Å². The van der Waals surface area contributed by atoms with E-state index in [4.69, 9.17) is 9.73 Å². The fourth-order valence-corrected chi connectivity index (χ4v) is 3.20. The standard InChI is InChI=1S/C23H21NO/c1-17-12-14-18(15-13-17)21-16-22(19-8-4-2-5-9-19)25-23(24-21)20-10-6-3-7-11-20/h2-15,21-22H,16H2,1H3/t21-,22+/m1/s1. The second kappa shape index (κ2) is 6.94. The second-order valence-electron chi connectivity index (χ2n) is 6.48. The molecule has 0 saturated carbocycles. The number of hydrogen-bond acceptors (Lipinski definition) is 2. The fourth-order valence-electron chi connectivity index (χ4n) is 3.20. The largest absolute Gasteiger partial charge is 0.469 e. The molecule has 2 atom stereocenters. The number of benzene rings is 3. The molecular weight excluding hydrogens is 306 g/mol. The molecule has 1 aliphatic rings. The molecule has 0 spiro atoms. The van der Waals surface area contributed by atoms with Crippen molar-refractivity contribution in [3.05, 3.63) is 107 Å². The molecule has 0 bridgehead atoms. The number of rotatable bonds is 3. The monoisotopic (exact) mass is 327 g/mol. The smallest absolute Gasteiger partial charge is 0.217 e. The minimum absolute atomic E-state index is 0.0141. The molecule has 2 heteroatoms. The molecule has 3 aromatic carbocycles. The highest BCUT2D eigenvalue weighted by molar-refractivity contribution is 5.94. The van der Waals surface area contributed by atoms with Gasteiger partial charge in [-0.15, -0.1) is 0 Å². The van der Waals surface area contributed by atoms with E-state index in [-0.39, 0.29) is 12.1 Å². The number of aliphatic imine (C=N–C) groups is 1. The Bertz CT molecular complexity index is 854. The molecule has 124 valence electrons. The van der Waals surface area contributed by atoms with Gasteiger partial charge in [0, 0.05) is 12.0 Å². The van der Waals surface area contributed by atoms with Crippen LogP contribution in [0.2, 0.25) is 0 Å². The van der Waals surface area contributed by atoms with Crippen molar-refractivity contribution in [1.82, 2.24) is 0 Å². The normalized spacial score (nSPS) is 19.8. The highest BCUT2D eigenvalue weighted by atomic mass is 16.5. The van der Waals surface area contributed by atoms with Crippen LogP contribution < -0.4 is 0 Å². The Morgan fingerprint density at radius 3 is 2.08 bits per heavy atom. The van der Waals surface area contributed by atoms with Crippen molar-refractivity contribution in [2.24, 2.45) is 4.99 Å². The van der Waals surface area contributed by atoms with Crippen LogP contribution in [0.3, 0.4) is 0 Å². The third kappa shape index (κ3) is 3.48. The van der Waals surface area contributed by atoms with E-state index in [0.717, 1.165) is 17.9 Å². The summed E-state index contributed by atoms with van der Waals surface area (Å²) in [7, 11) is 0. The summed E-state index contributed by atoms with van der Waals surface area (Å²) in [5.74, 6) is 0.728. The van der Waals surface area contributed by atoms with Gasteiger partial charge in [-0.2, -0.15) is 0 Å². The van der Waals surface area contributed by atoms with E-state index in [0.29, 0.717) is 0 Å². The molecule has 1 aliphatic heterocycles. The number of nitrogens with zero attached hydrogens (tertiary/aromatic N) is 1. The van der Waals surface area contributed by atoms with Crippen LogP contribution in [0.4, 0.5) is 0 Å². The van der Waals surface area contributed by atoms with Crippen LogP contribution in [0.15, 0.2) is 89.9 Å². The molecule has 0 unspecified atom stereocenters.